The molecule has 0 saturated heterocycles. The summed E-state index contributed by atoms with van der Waals surface area (Å²) in [7, 11) is 1.58. The molecule has 0 aromatic heterocycles. The van der Waals surface area contributed by atoms with Crippen molar-refractivity contribution in [2.75, 3.05) is 20.0 Å². The standard InChI is InChI=1S/C11H13BrO3S/c1-4-15-11(13)7-5-6-8(12)9(14-2)10(7)16-3/h5-6H,4H2,1-3H3. The summed E-state index contributed by atoms with van der Waals surface area (Å²) in [6.45, 7) is 2.15. The van der Waals surface area contributed by atoms with Crippen molar-refractivity contribution in [1.29, 1.82) is 0 Å². The lowest BCUT2D eigenvalue weighted by atomic mass is 10.2. The molecular formula is C11H13BrO3S. The van der Waals surface area contributed by atoms with Gasteiger partial charge in [0.1, 0.15) is 5.75 Å². The highest BCUT2D eigenvalue weighted by Gasteiger charge is 2.18. The van der Waals surface area contributed by atoms with Crippen LogP contribution in [0.4, 0.5) is 0 Å². The van der Waals surface area contributed by atoms with Crippen LogP contribution < -0.4 is 4.74 Å². The molecule has 88 valence electrons. The second-order valence-electron chi connectivity index (χ2n) is 2.88. The largest absolute Gasteiger partial charge is 0.494 e. The first-order valence-corrected chi connectivity index (χ1v) is 6.75. The highest BCUT2D eigenvalue weighted by Crippen LogP contribution is 2.37. The van der Waals surface area contributed by atoms with Gasteiger partial charge in [0.15, 0.2) is 0 Å². The van der Waals surface area contributed by atoms with Crippen LogP contribution >= 0.6 is 27.7 Å². The molecule has 0 aliphatic rings. The molecule has 0 radical (unpaired) electrons. The van der Waals surface area contributed by atoms with Gasteiger partial charge >= 0.3 is 5.97 Å². The number of hydrogen-bond acceptors (Lipinski definition) is 4. The number of ether oxygens (including phenoxy) is 2. The highest BCUT2D eigenvalue weighted by atomic mass is 79.9. The third-order valence-corrected chi connectivity index (χ3v) is 3.41. The monoisotopic (exact) mass is 304 g/mol. The van der Waals surface area contributed by atoms with Crippen LogP contribution in [0.15, 0.2) is 21.5 Å². The van der Waals surface area contributed by atoms with Crippen molar-refractivity contribution in [2.45, 2.75) is 11.8 Å². The van der Waals surface area contributed by atoms with Gasteiger partial charge in [-0.05, 0) is 41.2 Å². The zero-order valence-corrected chi connectivity index (χ0v) is 11.8. The third kappa shape index (κ3) is 2.71. The topological polar surface area (TPSA) is 35.5 Å². The summed E-state index contributed by atoms with van der Waals surface area (Å²) in [6.07, 6.45) is 1.90. The van der Waals surface area contributed by atoms with Crippen LogP contribution in [0, 0.1) is 0 Å². The number of rotatable bonds is 4. The molecule has 3 nitrogen and oxygen atoms in total. The number of esters is 1. The fourth-order valence-electron chi connectivity index (χ4n) is 1.30. The van der Waals surface area contributed by atoms with E-state index < -0.39 is 0 Å². The zero-order chi connectivity index (χ0) is 12.1. The summed E-state index contributed by atoms with van der Waals surface area (Å²) in [6, 6.07) is 3.52. The van der Waals surface area contributed by atoms with Gasteiger partial charge in [0, 0.05) is 0 Å². The number of methoxy groups -OCH3 is 1. The van der Waals surface area contributed by atoms with Gasteiger partial charge in [0.2, 0.25) is 0 Å². The number of benzene rings is 1. The quantitative estimate of drug-likeness (QED) is 0.631. The molecule has 0 fully saturated rings. The molecular weight excluding hydrogens is 292 g/mol. The molecule has 0 aliphatic heterocycles. The second kappa shape index (κ2) is 6.15. The van der Waals surface area contributed by atoms with E-state index >= 15 is 0 Å². The Morgan fingerprint density at radius 1 is 1.50 bits per heavy atom. The van der Waals surface area contributed by atoms with E-state index in [1.165, 1.54) is 11.8 Å². The van der Waals surface area contributed by atoms with Crippen LogP contribution in [0.1, 0.15) is 17.3 Å². The van der Waals surface area contributed by atoms with Crippen molar-refractivity contribution < 1.29 is 14.3 Å². The van der Waals surface area contributed by atoms with Gasteiger partial charge in [-0.15, -0.1) is 11.8 Å². The summed E-state index contributed by atoms with van der Waals surface area (Å²) in [4.78, 5) is 12.5. The lowest BCUT2D eigenvalue weighted by Gasteiger charge is -2.12. The van der Waals surface area contributed by atoms with Crippen molar-refractivity contribution in [3.05, 3.63) is 22.2 Å². The Bertz CT molecular complexity index is 393. The molecule has 0 amide bonds. The van der Waals surface area contributed by atoms with Crippen LogP contribution in [-0.4, -0.2) is 25.9 Å². The van der Waals surface area contributed by atoms with E-state index in [9.17, 15) is 4.79 Å². The number of hydrogen-bond donors (Lipinski definition) is 0. The Morgan fingerprint density at radius 3 is 2.69 bits per heavy atom. The average molecular weight is 305 g/mol. The van der Waals surface area contributed by atoms with Crippen LogP contribution in [0.5, 0.6) is 5.75 Å². The van der Waals surface area contributed by atoms with Gasteiger partial charge in [-0.25, -0.2) is 4.79 Å². The molecule has 5 heteroatoms. The summed E-state index contributed by atoms with van der Waals surface area (Å²) in [5.41, 5.74) is 0.536. The van der Waals surface area contributed by atoms with E-state index in [1.54, 1.807) is 26.2 Å². The van der Waals surface area contributed by atoms with Crippen molar-refractivity contribution in [1.82, 2.24) is 0 Å². The molecule has 0 unspecified atom stereocenters. The predicted molar refractivity (Wildman–Crippen MR) is 68.4 cm³/mol. The molecule has 0 spiro atoms. The van der Waals surface area contributed by atoms with Gasteiger partial charge in [-0.1, -0.05) is 0 Å². The Kier molecular flexibility index (Phi) is 5.15. The van der Waals surface area contributed by atoms with Crippen molar-refractivity contribution in [3.8, 4) is 5.75 Å². The van der Waals surface area contributed by atoms with Crippen LogP contribution in [0.3, 0.4) is 0 Å². The molecule has 0 atom stereocenters. The second-order valence-corrected chi connectivity index (χ2v) is 4.55. The molecule has 0 aliphatic carbocycles. The predicted octanol–water partition coefficient (Wildman–Crippen LogP) is 3.36. The fourth-order valence-corrected chi connectivity index (χ4v) is 2.67. The summed E-state index contributed by atoms with van der Waals surface area (Å²) < 4.78 is 11.1. The molecule has 0 N–H and O–H groups in total. The Labute approximate surface area is 108 Å². The molecule has 0 bridgehead atoms. The van der Waals surface area contributed by atoms with Gasteiger partial charge in [-0.3, -0.25) is 0 Å². The van der Waals surface area contributed by atoms with E-state index in [-0.39, 0.29) is 5.97 Å². The minimum Gasteiger partial charge on any atom is -0.494 e. The first kappa shape index (κ1) is 13.4. The van der Waals surface area contributed by atoms with E-state index in [0.29, 0.717) is 17.9 Å². The Balaban J connectivity index is 3.24. The summed E-state index contributed by atoms with van der Waals surface area (Å²) in [5.74, 6) is 0.343. The van der Waals surface area contributed by atoms with E-state index in [1.807, 2.05) is 6.26 Å². The van der Waals surface area contributed by atoms with E-state index in [0.717, 1.165) is 9.37 Å². The SMILES string of the molecule is CCOC(=O)c1ccc(Br)c(OC)c1SC. The number of carbonyl (C=O) groups is 1. The number of thioether (sulfide) groups is 1. The average Bonchev–Trinajstić information content (AvgIpc) is 2.28. The van der Waals surface area contributed by atoms with Gasteiger partial charge in [0.05, 0.1) is 28.6 Å². The molecule has 16 heavy (non-hydrogen) atoms. The fraction of sp³-hybridized carbons (Fsp3) is 0.364. The summed E-state index contributed by atoms with van der Waals surface area (Å²) >= 11 is 4.84. The van der Waals surface area contributed by atoms with E-state index in [4.69, 9.17) is 9.47 Å². The van der Waals surface area contributed by atoms with E-state index in [2.05, 4.69) is 15.9 Å². The highest BCUT2D eigenvalue weighted by molar-refractivity contribution is 9.10. The Hall–Kier alpha value is -0.680. The molecule has 1 aromatic rings. The lowest BCUT2D eigenvalue weighted by Crippen LogP contribution is -2.07. The number of carbonyl (C=O) groups excluding carboxylic acids is 1. The molecule has 0 heterocycles. The van der Waals surface area contributed by atoms with Crippen LogP contribution in [0.25, 0.3) is 0 Å². The van der Waals surface area contributed by atoms with Crippen molar-refractivity contribution >= 4 is 33.7 Å². The lowest BCUT2D eigenvalue weighted by molar-refractivity contribution is 0.0521. The maximum Gasteiger partial charge on any atom is 0.339 e. The molecule has 1 rings (SSSR count). The molecule has 1 aromatic carbocycles. The van der Waals surface area contributed by atoms with Gasteiger partial charge in [-0.2, -0.15) is 0 Å². The first-order chi connectivity index (χ1) is 7.65. The van der Waals surface area contributed by atoms with Crippen molar-refractivity contribution in [3.63, 3.8) is 0 Å². The maximum atomic E-state index is 11.7. The van der Waals surface area contributed by atoms with Crippen LogP contribution in [0.2, 0.25) is 0 Å². The smallest absolute Gasteiger partial charge is 0.339 e. The number of halogens is 1. The van der Waals surface area contributed by atoms with Crippen LogP contribution in [-0.2, 0) is 4.74 Å². The minimum absolute atomic E-state index is 0.322. The first-order valence-electron chi connectivity index (χ1n) is 4.73. The summed E-state index contributed by atoms with van der Waals surface area (Å²) in [5, 5.41) is 0. The minimum atomic E-state index is -0.322. The normalized spacial score (nSPS) is 10.0. The maximum absolute atomic E-state index is 11.7. The van der Waals surface area contributed by atoms with Gasteiger partial charge < -0.3 is 9.47 Å². The Morgan fingerprint density at radius 2 is 2.19 bits per heavy atom. The van der Waals surface area contributed by atoms with Gasteiger partial charge in [0.25, 0.3) is 0 Å². The molecule has 0 saturated carbocycles. The zero-order valence-electron chi connectivity index (χ0n) is 9.37. The van der Waals surface area contributed by atoms with Crippen molar-refractivity contribution in [2.24, 2.45) is 0 Å². The third-order valence-electron chi connectivity index (χ3n) is 1.97.